The number of nitrogens with one attached hydrogen (secondary N) is 2. The molecule has 0 bridgehead atoms. The number of nitrogens with zero attached hydrogens (tertiary/aromatic N) is 1. The minimum absolute atomic E-state index is 0.0116. The molecule has 0 aromatic carbocycles. The summed E-state index contributed by atoms with van der Waals surface area (Å²) in [5.74, 6) is 0. The Balaban J connectivity index is 1.71. The molecule has 2 aliphatic rings. The molecule has 2 fully saturated rings. The number of alkyl halides is 3. The second-order valence-electron chi connectivity index (χ2n) is 5.87. The molecule has 1 aromatic heterocycles. The van der Waals surface area contributed by atoms with Crippen molar-refractivity contribution < 1.29 is 21.6 Å². The number of aromatic nitrogens is 1. The van der Waals surface area contributed by atoms with E-state index in [0.717, 1.165) is 44.6 Å². The van der Waals surface area contributed by atoms with E-state index in [1.807, 2.05) is 0 Å². The van der Waals surface area contributed by atoms with Crippen LogP contribution in [-0.4, -0.2) is 32.5 Å². The van der Waals surface area contributed by atoms with Gasteiger partial charge in [0.15, 0.2) is 0 Å². The topological polar surface area (TPSA) is 71.1 Å². The zero-order valence-corrected chi connectivity index (χ0v) is 12.5. The molecule has 5 nitrogen and oxygen atoms in total. The molecule has 2 N–H and O–H groups in total. The lowest BCUT2D eigenvalue weighted by Crippen LogP contribution is -2.36. The summed E-state index contributed by atoms with van der Waals surface area (Å²) in [6.45, 7) is 1.72. The number of halogens is 3. The van der Waals surface area contributed by atoms with Gasteiger partial charge in [-0.25, -0.2) is 13.1 Å². The molecule has 3 rings (SSSR count). The molecule has 22 heavy (non-hydrogen) atoms. The normalized spacial score (nSPS) is 24.4. The predicted molar refractivity (Wildman–Crippen MR) is 72.5 cm³/mol. The Labute approximate surface area is 126 Å². The highest BCUT2D eigenvalue weighted by Gasteiger charge is 2.55. The van der Waals surface area contributed by atoms with Crippen LogP contribution in [0.3, 0.4) is 0 Å². The molecule has 122 valence electrons. The van der Waals surface area contributed by atoms with Gasteiger partial charge in [0.1, 0.15) is 10.6 Å². The summed E-state index contributed by atoms with van der Waals surface area (Å²) < 4.78 is 64.4. The number of hydrogen-bond donors (Lipinski definition) is 2. The fraction of sp³-hybridized carbons (Fsp3) is 0.615. The van der Waals surface area contributed by atoms with Gasteiger partial charge in [-0.05, 0) is 49.9 Å². The molecule has 1 saturated carbocycles. The van der Waals surface area contributed by atoms with Crippen LogP contribution in [0.2, 0.25) is 0 Å². The minimum Gasteiger partial charge on any atom is -0.317 e. The van der Waals surface area contributed by atoms with E-state index in [1.54, 1.807) is 0 Å². The summed E-state index contributed by atoms with van der Waals surface area (Å²) in [7, 11) is -3.83. The maximum Gasteiger partial charge on any atom is 0.433 e. The van der Waals surface area contributed by atoms with Gasteiger partial charge in [0.05, 0.1) is 0 Å². The summed E-state index contributed by atoms with van der Waals surface area (Å²) in [5, 5.41) is 3.22. The Kier molecular flexibility index (Phi) is 3.69. The van der Waals surface area contributed by atoms with Gasteiger partial charge < -0.3 is 5.32 Å². The van der Waals surface area contributed by atoms with Crippen molar-refractivity contribution in [3.05, 3.63) is 24.0 Å². The van der Waals surface area contributed by atoms with E-state index in [-0.39, 0.29) is 16.4 Å². The average molecular weight is 335 g/mol. The first-order chi connectivity index (χ1) is 10.2. The highest BCUT2D eigenvalue weighted by atomic mass is 32.2. The van der Waals surface area contributed by atoms with Crippen LogP contribution in [0.5, 0.6) is 0 Å². The molecular weight excluding hydrogens is 319 g/mol. The van der Waals surface area contributed by atoms with Crippen LogP contribution in [0, 0.1) is 5.41 Å². The quantitative estimate of drug-likeness (QED) is 0.879. The third kappa shape index (κ3) is 2.97. The molecule has 0 amide bonds. The van der Waals surface area contributed by atoms with Gasteiger partial charge in [-0.1, -0.05) is 0 Å². The van der Waals surface area contributed by atoms with Crippen molar-refractivity contribution in [2.75, 3.05) is 13.1 Å². The lowest BCUT2D eigenvalue weighted by molar-refractivity contribution is -0.141. The van der Waals surface area contributed by atoms with Crippen molar-refractivity contribution in [3.8, 4) is 0 Å². The van der Waals surface area contributed by atoms with E-state index in [2.05, 4.69) is 15.0 Å². The third-order valence-electron chi connectivity index (χ3n) is 4.42. The number of hydrogen-bond acceptors (Lipinski definition) is 4. The first-order valence-electron chi connectivity index (χ1n) is 6.99. The Morgan fingerprint density at radius 2 is 1.95 bits per heavy atom. The summed E-state index contributed by atoms with van der Waals surface area (Å²) in [6.07, 6.45) is -1.23. The Hall–Kier alpha value is -1.19. The van der Waals surface area contributed by atoms with Crippen LogP contribution < -0.4 is 10.0 Å². The Bertz CT molecular complexity index is 652. The summed E-state index contributed by atoms with van der Waals surface area (Å²) in [4.78, 5) is 2.95. The van der Waals surface area contributed by atoms with Crippen molar-refractivity contribution in [2.45, 2.75) is 36.4 Å². The fourth-order valence-electron chi connectivity index (χ4n) is 2.95. The van der Waals surface area contributed by atoms with Crippen LogP contribution in [0.1, 0.15) is 25.0 Å². The number of piperidine rings is 1. The SMILES string of the molecule is O=S(=O)(NC1CC12CCNCC2)c1ccc(C(F)(F)F)nc1. The van der Waals surface area contributed by atoms with Crippen LogP contribution in [0.15, 0.2) is 23.2 Å². The van der Waals surface area contributed by atoms with E-state index in [1.165, 1.54) is 0 Å². The highest BCUT2D eigenvalue weighted by molar-refractivity contribution is 7.89. The monoisotopic (exact) mass is 335 g/mol. The average Bonchev–Trinajstić information content (AvgIpc) is 3.09. The molecule has 1 saturated heterocycles. The summed E-state index contributed by atoms with van der Waals surface area (Å²) >= 11 is 0. The molecular formula is C13H16F3N3O2S. The van der Waals surface area contributed by atoms with Crippen LogP contribution in [0.4, 0.5) is 13.2 Å². The minimum atomic E-state index is -4.58. The standard InChI is InChI=1S/C13H16F3N3O2S/c14-13(15,16)10-2-1-9(8-18-10)22(20,21)19-11-7-12(11)3-5-17-6-4-12/h1-2,8,11,17,19H,3-7H2. The van der Waals surface area contributed by atoms with Gasteiger partial charge in [-0.2, -0.15) is 13.2 Å². The predicted octanol–water partition coefficient (Wildman–Crippen LogP) is 1.52. The van der Waals surface area contributed by atoms with Gasteiger partial charge >= 0.3 is 6.18 Å². The molecule has 1 unspecified atom stereocenters. The van der Waals surface area contributed by atoms with Crippen LogP contribution >= 0.6 is 0 Å². The third-order valence-corrected chi connectivity index (χ3v) is 5.88. The van der Waals surface area contributed by atoms with E-state index in [4.69, 9.17) is 0 Å². The maximum absolute atomic E-state index is 12.4. The van der Waals surface area contributed by atoms with Crippen molar-refractivity contribution >= 4 is 10.0 Å². The smallest absolute Gasteiger partial charge is 0.317 e. The first-order valence-corrected chi connectivity index (χ1v) is 8.48. The fourth-order valence-corrected chi connectivity index (χ4v) is 4.24. The van der Waals surface area contributed by atoms with Crippen molar-refractivity contribution in [1.29, 1.82) is 0 Å². The molecule has 1 aromatic rings. The summed E-state index contributed by atoms with van der Waals surface area (Å²) in [6, 6.07) is 1.49. The van der Waals surface area contributed by atoms with E-state index in [9.17, 15) is 21.6 Å². The maximum atomic E-state index is 12.4. The molecule has 1 atom stereocenters. The Morgan fingerprint density at radius 3 is 2.50 bits per heavy atom. The zero-order chi connectivity index (χ0) is 16.0. The second kappa shape index (κ2) is 5.17. The lowest BCUT2D eigenvalue weighted by atomic mass is 9.94. The van der Waals surface area contributed by atoms with Gasteiger partial charge in [0.2, 0.25) is 10.0 Å². The van der Waals surface area contributed by atoms with Crippen LogP contribution in [0.25, 0.3) is 0 Å². The largest absolute Gasteiger partial charge is 0.433 e. The van der Waals surface area contributed by atoms with Gasteiger partial charge in [0, 0.05) is 12.2 Å². The van der Waals surface area contributed by atoms with Crippen molar-refractivity contribution in [3.63, 3.8) is 0 Å². The Morgan fingerprint density at radius 1 is 1.27 bits per heavy atom. The van der Waals surface area contributed by atoms with Gasteiger partial charge in [-0.15, -0.1) is 0 Å². The molecule has 1 spiro atoms. The summed E-state index contributed by atoms with van der Waals surface area (Å²) in [5.41, 5.74) is -1.09. The zero-order valence-electron chi connectivity index (χ0n) is 11.7. The second-order valence-corrected chi connectivity index (χ2v) is 7.58. The van der Waals surface area contributed by atoms with Crippen LogP contribution in [-0.2, 0) is 16.2 Å². The first kappa shape index (κ1) is 15.7. The molecule has 0 radical (unpaired) electrons. The van der Waals surface area contributed by atoms with Crippen molar-refractivity contribution in [2.24, 2.45) is 5.41 Å². The van der Waals surface area contributed by atoms with Crippen molar-refractivity contribution in [1.82, 2.24) is 15.0 Å². The van der Waals surface area contributed by atoms with Gasteiger partial charge in [0.25, 0.3) is 0 Å². The highest BCUT2D eigenvalue weighted by Crippen LogP contribution is 2.53. The molecule has 2 heterocycles. The molecule has 1 aliphatic heterocycles. The lowest BCUT2D eigenvalue weighted by Gasteiger charge is -2.23. The number of sulfonamides is 1. The molecule has 9 heteroatoms. The number of rotatable bonds is 3. The van der Waals surface area contributed by atoms with E-state index < -0.39 is 21.9 Å². The van der Waals surface area contributed by atoms with E-state index in [0.29, 0.717) is 6.07 Å². The molecule has 1 aliphatic carbocycles. The number of pyridine rings is 1. The van der Waals surface area contributed by atoms with E-state index >= 15 is 0 Å². The van der Waals surface area contributed by atoms with Gasteiger partial charge in [-0.3, -0.25) is 4.98 Å².